The highest BCUT2D eigenvalue weighted by molar-refractivity contribution is 7.91. The van der Waals surface area contributed by atoms with Crippen LogP contribution in [0.2, 0.25) is 5.02 Å². The van der Waals surface area contributed by atoms with Crippen LogP contribution in [0.4, 0.5) is 15.9 Å². The number of rotatable bonds is 7. The van der Waals surface area contributed by atoms with E-state index in [0.717, 1.165) is 54.1 Å². The highest BCUT2D eigenvalue weighted by Crippen LogP contribution is 2.30. The van der Waals surface area contributed by atoms with E-state index in [9.17, 15) is 12.8 Å². The van der Waals surface area contributed by atoms with Gasteiger partial charge in [-0.1, -0.05) is 24.1 Å². The molecule has 1 N–H and O–H groups in total. The average Bonchev–Trinajstić information content (AvgIpc) is 2.88. The molecule has 1 aliphatic rings. The van der Waals surface area contributed by atoms with Crippen LogP contribution >= 0.6 is 11.6 Å². The van der Waals surface area contributed by atoms with Crippen LogP contribution in [0.15, 0.2) is 60.9 Å². The number of nitrogens with zero attached hydrogens (tertiary/aromatic N) is 3. The summed E-state index contributed by atoms with van der Waals surface area (Å²) in [6, 6.07) is 14.3. The molecule has 4 aromatic rings. The Bertz CT molecular complexity index is 1480. The summed E-state index contributed by atoms with van der Waals surface area (Å²) in [6.45, 7) is 0. The van der Waals surface area contributed by atoms with Crippen LogP contribution in [0.25, 0.3) is 22.3 Å². The lowest BCUT2D eigenvalue weighted by Crippen LogP contribution is -2.23. The Morgan fingerprint density at radius 1 is 1.06 bits per heavy atom. The summed E-state index contributed by atoms with van der Waals surface area (Å²) in [4.78, 5) is 13.7. The minimum atomic E-state index is -2.83. The Balaban J connectivity index is 1.41. The first kappa shape index (κ1) is 24.6. The van der Waals surface area contributed by atoms with Gasteiger partial charge in [-0.15, -0.1) is 0 Å². The molecule has 2 aromatic carbocycles. The molecule has 6 nitrogen and oxygen atoms in total. The molecule has 5 rings (SSSR count). The number of aromatic nitrogens is 3. The molecule has 3 heterocycles. The van der Waals surface area contributed by atoms with Gasteiger partial charge in [-0.05, 0) is 79.6 Å². The summed E-state index contributed by atoms with van der Waals surface area (Å²) in [5.74, 6) is 1.75. The molecule has 2 aromatic heterocycles. The number of pyridine rings is 1. The molecule has 0 spiro atoms. The monoisotopic (exact) mass is 524 g/mol. The highest BCUT2D eigenvalue weighted by Gasteiger charge is 2.23. The first-order valence-electron chi connectivity index (χ1n) is 12.0. The molecule has 1 aliphatic heterocycles. The Kier molecular flexibility index (Phi) is 7.16. The fourth-order valence-electron chi connectivity index (χ4n) is 4.58. The van der Waals surface area contributed by atoms with Crippen LogP contribution in [0, 0.1) is 11.7 Å². The predicted octanol–water partition coefficient (Wildman–Crippen LogP) is 6.38. The molecular formula is C27H26ClFN4O2S. The number of aryl methyl sites for hydroxylation is 1. The molecule has 36 heavy (non-hydrogen) atoms. The van der Waals surface area contributed by atoms with Gasteiger partial charge in [0.2, 0.25) is 0 Å². The molecule has 0 bridgehead atoms. The molecule has 0 radical (unpaired) electrons. The van der Waals surface area contributed by atoms with Crippen LogP contribution < -0.4 is 5.32 Å². The number of nitrogens with one attached hydrogen (secondary N) is 1. The van der Waals surface area contributed by atoms with Crippen molar-refractivity contribution in [1.29, 1.82) is 0 Å². The fourth-order valence-corrected chi connectivity index (χ4v) is 6.35. The third-order valence-electron chi connectivity index (χ3n) is 6.61. The quantitative estimate of drug-likeness (QED) is 0.302. The van der Waals surface area contributed by atoms with Crippen molar-refractivity contribution in [1.82, 2.24) is 15.0 Å². The van der Waals surface area contributed by atoms with Gasteiger partial charge in [0.1, 0.15) is 21.5 Å². The minimum Gasteiger partial charge on any atom is -0.340 e. The highest BCUT2D eigenvalue weighted by atomic mass is 35.5. The number of benzene rings is 2. The van der Waals surface area contributed by atoms with E-state index in [0.29, 0.717) is 34.8 Å². The number of halogens is 2. The predicted molar refractivity (Wildman–Crippen MR) is 142 cm³/mol. The lowest BCUT2D eigenvalue weighted by molar-refractivity contribution is 0.424. The van der Waals surface area contributed by atoms with E-state index < -0.39 is 15.7 Å². The molecular weight excluding hydrogens is 499 g/mol. The van der Waals surface area contributed by atoms with Gasteiger partial charge in [0.15, 0.2) is 5.82 Å². The van der Waals surface area contributed by atoms with Crippen molar-refractivity contribution in [2.24, 2.45) is 5.92 Å². The van der Waals surface area contributed by atoms with Gasteiger partial charge in [-0.25, -0.2) is 22.8 Å². The van der Waals surface area contributed by atoms with E-state index in [-0.39, 0.29) is 5.02 Å². The molecule has 1 saturated heterocycles. The number of anilines is 2. The van der Waals surface area contributed by atoms with E-state index in [2.05, 4.69) is 22.4 Å². The van der Waals surface area contributed by atoms with E-state index in [4.69, 9.17) is 21.6 Å². The lowest BCUT2D eigenvalue weighted by atomic mass is 9.94. The van der Waals surface area contributed by atoms with Crippen molar-refractivity contribution in [2.45, 2.75) is 32.1 Å². The normalized spacial score (nSPS) is 15.7. The van der Waals surface area contributed by atoms with Crippen molar-refractivity contribution in [3.8, 4) is 11.4 Å². The van der Waals surface area contributed by atoms with Crippen molar-refractivity contribution in [2.75, 3.05) is 16.8 Å². The zero-order valence-electron chi connectivity index (χ0n) is 19.6. The maximum absolute atomic E-state index is 13.7. The van der Waals surface area contributed by atoms with Crippen molar-refractivity contribution in [3.05, 3.63) is 77.3 Å². The fraction of sp³-hybridized carbons (Fsp3) is 0.296. The molecule has 1 fully saturated rings. The van der Waals surface area contributed by atoms with Crippen molar-refractivity contribution in [3.63, 3.8) is 0 Å². The van der Waals surface area contributed by atoms with Gasteiger partial charge in [0.25, 0.3) is 0 Å². The molecule has 0 aliphatic carbocycles. The molecule has 0 unspecified atom stereocenters. The number of hydrogen-bond acceptors (Lipinski definition) is 6. The summed E-state index contributed by atoms with van der Waals surface area (Å²) in [5, 5.41) is 4.17. The second-order valence-electron chi connectivity index (χ2n) is 9.23. The molecule has 0 amide bonds. The summed E-state index contributed by atoms with van der Waals surface area (Å²) in [6.07, 6.45) is 7.82. The summed E-state index contributed by atoms with van der Waals surface area (Å²) >= 11 is 6.00. The van der Waals surface area contributed by atoms with E-state index >= 15 is 0 Å². The topological polar surface area (TPSA) is 84.8 Å². The largest absolute Gasteiger partial charge is 0.340 e. The average molecular weight is 525 g/mol. The van der Waals surface area contributed by atoms with Gasteiger partial charge in [0.05, 0.1) is 22.0 Å². The minimum absolute atomic E-state index is 0.0297. The third-order valence-corrected chi connectivity index (χ3v) is 8.62. The standard InChI is InChI=1S/C27H26ClFN4O2S/c28-23-16-21(7-8-24(23)29)31-27-22-15-19(4-1-3-18-10-13-36(34,35)14-11-18)6-9-25(22)32-26(33-27)20-5-2-12-30-17-20/h2,5-9,12,15-18H,1,3-4,10-11,13-14H2,(H,31,32,33). The zero-order chi connectivity index (χ0) is 25.1. The second kappa shape index (κ2) is 10.5. The van der Waals surface area contributed by atoms with E-state index in [1.807, 2.05) is 18.2 Å². The van der Waals surface area contributed by atoms with Gasteiger partial charge in [0, 0.05) is 29.0 Å². The van der Waals surface area contributed by atoms with E-state index in [1.165, 1.54) is 12.1 Å². The molecule has 0 atom stereocenters. The van der Waals surface area contributed by atoms with E-state index in [1.54, 1.807) is 18.5 Å². The number of hydrogen-bond donors (Lipinski definition) is 1. The maximum Gasteiger partial charge on any atom is 0.163 e. The summed E-state index contributed by atoms with van der Waals surface area (Å²) in [7, 11) is -2.83. The van der Waals surface area contributed by atoms with Gasteiger partial charge in [-0.3, -0.25) is 4.98 Å². The van der Waals surface area contributed by atoms with Gasteiger partial charge >= 0.3 is 0 Å². The first-order chi connectivity index (χ1) is 17.4. The maximum atomic E-state index is 13.7. The van der Waals surface area contributed by atoms with Crippen LogP contribution in [0.1, 0.15) is 31.2 Å². The molecule has 9 heteroatoms. The lowest BCUT2D eigenvalue weighted by Gasteiger charge is -2.21. The summed E-state index contributed by atoms with van der Waals surface area (Å²) < 4.78 is 37.1. The Morgan fingerprint density at radius 3 is 2.64 bits per heavy atom. The third kappa shape index (κ3) is 5.82. The first-order valence-corrected chi connectivity index (χ1v) is 14.2. The van der Waals surface area contributed by atoms with Crippen molar-refractivity contribution >= 4 is 43.8 Å². The van der Waals surface area contributed by atoms with Crippen LogP contribution in [-0.4, -0.2) is 34.9 Å². The molecule has 0 saturated carbocycles. The Hall–Kier alpha value is -3.10. The number of sulfone groups is 1. The zero-order valence-corrected chi connectivity index (χ0v) is 21.2. The Labute approximate surface area is 214 Å². The van der Waals surface area contributed by atoms with Crippen LogP contribution in [0.5, 0.6) is 0 Å². The molecule has 186 valence electrons. The summed E-state index contributed by atoms with van der Waals surface area (Å²) in [5.41, 5.74) is 3.35. The van der Waals surface area contributed by atoms with Crippen molar-refractivity contribution < 1.29 is 12.8 Å². The SMILES string of the molecule is O=S1(=O)CCC(CCCc2ccc3nc(-c4cccnc4)nc(Nc4ccc(F)c(Cl)c4)c3c2)CC1. The smallest absolute Gasteiger partial charge is 0.163 e. The second-order valence-corrected chi connectivity index (χ2v) is 11.9. The number of fused-ring (bicyclic) bond motifs is 1. The van der Waals surface area contributed by atoms with Crippen LogP contribution in [0.3, 0.4) is 0 Å². The van der Waals surface area contributed by atoms with Crippen LogP contribution in [-0.2, 0) is 16.3 Å². The Morgan fingerprint density at radius 2 is 1.89 bits per heavy atom. The van der Waals surface area contributed by atoms with Gasteiger partial charge in [-0.2, -0.15) is 0 Å². The van der Waals surface area contributed by atoms with Gasteiger partial charge < -0.3 is 5.32 Å².